The van der Waals surface area contributed by atoms with Gasteiger partial charge >= 0.3 is 0 Å². The van der Waals surface area contributed by atoms with Crippen LogP contribution in [0, 0.1) is 0 Å². The van der Waals surface area contributed by atoms with E-state index in [-0.39, 0.29) is 0 Å². The van der Waals surface area contributed by atoms with Gasteiger partial charge in [0.2, 0.25) is 0 Å². The second kappa shape index (κ2) is 9.70. The second-order valence-corrected chi connectivity index (χ2v) is 5.57. The molecule has 0 aliphatic heterocycles. The summed E-state index contributed by atoms with van der Waals surface area (Å²) in [6.07, 6.45) is 17.1. The molecule has 1 aliphatic rings. The Hall–Kier alpha value is -0.300. The molecule has 0 spiro atoms. The molecule has 1 heteroatoms. The van der Waals surface area contributed by atoms with E-state index >= 15 is 0 Å². The predicted molar refractivity (Wildman–Crippen MR) is 77.4 cm³/mol. The lowest BCUT2D eigenvalue weighted by molar-refractivity contribution is 0.323. The van der Waals surface area contributed by atoms with Crippen molar-refractivity contribution in [2.75, 3.05) is 0 Å². The third kappa shape index (κ3) is 6.88. The lowest BCUT2D eigenvalue weighted by atomic mass is 9.93. The first-order valence-corrected chi connectivity index (χ1v) is 7.73. The van der Waals surface area contributed by atoms with Crippen LogP contribution in [0.4, 0.5) is 0 Å². The number of hydrogen-bond acceptors (Lipinski definition) is 1. The van der Waals surface area contributed by atoms with Crippen molar-refractivity contribution >= 4 is 0 Å². The molecule has 0 aromatic rings. The van der Waals surface area contributed by atoms with Gasteiger partial charge in [0.1, 0.15) is 0 Å². The Morgan fingerprint density at radius 1 is 1.18 bits per heavy atom. The van der Waals surface area contributed by atoms with Gasteiger partial charge < -0.3 is 5.32 Å². The van der Waals surface area contributed by atoms with E-state index in [2.05, 4.69) is 24.9 Å². The number of hydrogen-bond donors (Lipinski definition) is 1. The van der Waals surface area contributed by atoms with Crippen LogP contribution >= 0.6 is 0 Å². The number of rotatable bonds is 9. The Bertz CT molecular complexity index is 182. The van der Waals surface area contributed by atoms with Crippen LogP contribution < -0.4 is 5.32 Å². The van der Waals surface area contributed by atoms with Gasteiger partial charge in [0.05, 0.1) is 0 Å². The zero-order valence-electron chi connectivity index (χ0n) is 11.7. The Morgan fingerprint density at radius 2 is 1.94 bits per heavy atom. The lowest BCUT2D eigenvalue weighted by Crippen LogP contribution is -2.39. The average molecular weight is 237 g/mol. The van der Waals surface area contributed by atoms with Crippen LogP contribution in [0.3, 0.4) is 0 Å². The van der Waals surface area contributed by atoms with Crippen molar-refractivity contribution in [2.45, 2.75) is 89.6 Å². The van der Waals surface area contributed by atoms with Crippen molar-refractivity contribution in [3.05, 3.63) is 12.7 Å². The van der Waals surface area contributed by atoms with Crippen LogP contribution in [0.25, 0.3) is 0 Å². The summed E-state index contributed by atoms with van der Waals surface area (Å²) in [5, 5.41) is 3.86. The topological polar surface area (TPSA) is 12.0 Å². The molecule has 0 amide bonds. The van der Waals surface area contributed by atoms with E-state index in [1.807, 2.05) is 0 Å². The normalized spacial score (nSPS) is 19.1. The average Bonchev–Trinajstić information content (AvgIpc) is 2.36. The van der Waals surface area contributed by atoms with Crippen LogP contribution in [0.2, 0.25) is 0 Å². The highest BCUT2D eigenvalue weighted by Gasteiger charge is 2.16. The molecular weight excluding hydrogens is 206 g/mol. The molecule has 0 bridgehead atoms. The fourth-order valence-corrected chi connectivity index (χ4v) is 2.89. The van der Waals surface area contributed by atoms with Crippen LogP contribution in [0.15, 0.2) is 12.7 Å². The maximum absolute atomic E-state index is 3.90. The van der Waals surface area contributed by atoms with Crippen LogP contribution in [-0.2, 0) is 0 Å². The summed E-state index contributed by atoms with van der Waals surface area (Å²) in [5.41, 5.74) is 0. The van der Waals surface area contributed by atoms with Crippen molar-refractivity contribution in [2.24, 2.45) is 0 Å². The van der Waals surface area contributed by atoms with Crippen LogP contribution in [0.1, 0.15) is 77.6 Å². The monoisotopic (exact) mass is 237 g/mol. The first kappa shape index (κ1) is 14.8. The van der Waals surface area contributed by atoms with Crippen molar-refractivity contribution in [3.63, 3.8) is 0 Å². The Morgan fingerprint density at radius 3 is 2.59 bits per heavy atom. The highest BCUT2D eigenvalue weighted by atomic mass is 14.9. The van der Waals surface area contributed by atoms with Crippen LogP contribution in [0.5, 0.6) is 0 Å². The van der Waals surface area contributed by atoms with Crippen LogP contribution in [-0.4, -0.2) is 12.1 Å². The molecule has 0 saturated heterocycles. The van der Waals surface area contributed by atoms with Crippen molar-refractivity contribution < 1.29 is 0 Å². The molecule has 100 valence electrons. The minimum atomic E-state index is 0.687. The molecule has 0 aromatic carbocycles. The van der Waals surface area contributed by atoms with E-state index in [0.29, 0.717) is 6.04 Å². The summed E-state index contributed by atoms with van der Waals surface area (Å²) >= 11 is 0. The predicted octanol–water partition coefficient (Wildman–Crippen LogP) is 4.82. The molecule has 1 rings (SSSR count). The summed E-state index contributed by atoms with van der Waals surface area (Å²) in [5.74, 6) is 0. The van der Waals surface area contributed by atoms with E-state index in [0.717, 1.165) is 12.5 Å². The quantitative estimate of drug-likeness (QED) is 0.447. The van der Waals surface area contributed by atoms with E-state index in [1.165, 1.54) is 64.2 Å². The molecule has 1 N–H and O–H groups in total. The summed E-state index contributed by atoms with van der Waals surface area (Å²) in [7, 11) is 0. The van der Waals surface area contributed by atoms with Gasteiger partial charge in [-0.3, -0.25) is 0 Å². The van der Waals surface area contributed by atoms with Gasteiger partial charge in [-0.15, -0.1) is 6.58 Å². The molecule has 1 nitrogen and oxygen atoms in total. The number of unbranched alkanes of at least 4 members (excludes halogenated alkanes) is 3. The van der Waals surface area contributed by atoms with Crippen molar-refractivity contribution in [1.82, 2.24) is 5.32 Å². The number of nitrogens with one attached hydrogen (secondary N) is 1. The van der Waals surface area contributed by atoms with E-state index in [1.54, 1.807) is 0 Å². The highest BCUT2D eigenvalue weighted by molar-refractivity contribution is 4.82. The smallest absolute Gasteiger partial charge is 0.0104 e. The van der Waals surface area contributed by atoms with Crippen molar-refractivity contribution in [3.8, 4) is 0 Å². The van der Waals surface area contributed by atoms with Gasteiger partial charge in [-0.05, 0) is 25.7 Å². The molecule has 1 saturated carbocycles. The standard InChI is InChI=1S/C16H31N/c1-3-5-6-8-12-15(11-4-2)17-16-13-9-7-10-14-16/h4,15-17H,2-3,5-14H2,1H3. The third-order valence-electron chi connectivity index (χ3n) is 3.93. The lowest BCUT2D eigenvalue weighted by Gasteiger charge is -2.28. The second-order valence-electron chi connectivity index (χ2n) is 5.57. The third-order valence-corrected chi connectivity index (χ3v) is 3.93. The van der Waals surface area contributed by atoms with E-state index < -0.39 is 0 Å². The van der Waals surface area contributed by atoms with E-state index in [4.69, 9.17) is 0 Å². The Labute approximate surface area is 108 Å². The van der Waals surface area contributed by atoms with Gasteiger partial charge in [0, 0.05) is 12.1 Å². The van der Waals surface area contributed by atoms with E-state index in [9.17, 15) is 0 Å². The molecule has 1 fully saturated rings. The largest absolute Gasteiger partial charge is 0.311 e. The minimum absolute atomic E-state index is 0.687. The first-order chi connectivity index (χ1) is 8.36. The SMILES string of the molecule is C=CCC(CCCCCC)NC1CCCCC1. The maximum atomic E-state index is 3.90. The minimum Gasteiger partial charge on any atom is -0.311 e. The van der Waals surface area contributed by atoms with Gasteiger partial charge in [0.15, 0.2) is 0 Å². The fourth-order valence-electron chi connectivity index (χ4n) is 2.89. The molecule has 1 aliphatic carbocycles. The molecule has 0 radical (unpaired) electrons. The Kier molecular flexibility index (Phi) is 8.42. The van der Waals surface area contributed by atoms with Gasteiger partial charge in [-0.2, -0.15) is 0 Å². The molecule has 0 aromatic heterocycles. The molecule has 1 atom stereocenters. The summed E-state index contributed by atoms with van der Waals surface area (Å²) in [6.45, 7) is 6.18. The maximum Gasteiger partial charge on any atom is 0.0104 e. The van der Waals surface area contributed by atoms with Gasteiger partial charge in [-0.25, -0.2) is 0 Å². The summed E-state index contributed by atoms with van der Waals surface area (Å²) in [6, 6.07) is 1.48. The zero-order valence-corrected chi connectivity index (χ0v) is 11.7. The zero-order chi connectivity index (χ0) is 12.3. The fraction of sp³-hybridized carbons (Fsp3) is 0.875. The Balaban J connectivity index is 2.18. The summed E-state index contributed by atoms with van der Waals surface area (Å²) in [4.78, 5) is 0. The molecular formula is C16H31N. The first-order valence-electron chi connectivity index (χ1n) is 7.73. The summed E-state index contributed by atoms with van der Waals surface area (Å²) < 4.78 is 0. The molecule has 17 heavy (non-hydrogen) atoms. The van der Waals surface area contributed by atoms with Crippen molar-refractivity contribution in [1.29, 1.82) is 0 Å². The molecule has 1 unspecified atom stereocenters. The van der Waals surface area contributed by atoms with Gasteiger partial charge in [-0.1, -0.05) is 57.9 Å². The van der Waals surface area contributed by atoms with Gasteiger partial charge in [0.25, 0.3) is 0 Å². The highest BCUT2D eigenvalue weighted by Crippen LogP contribution is 2.19. The molecule has 0 heterocycles.